The molecule has 4 nitrogen and oxygen atoms in total. The Labute approximate surface area is 301 Å². The van der Waals surface area contributed by atoms with E-state index in [1.165, 1.54) is 51.2 Å². The molecule has 1 atom stereocenters. The molecule has 0 bridgehead atoms. The van der Waals surface area contributed by atoms with E-state index in [2.05, 4.69) is 148 Å². The van der Waals surface area contributed by atoms with Gasteiger partial charge in [0.15, 0.2) is 0 Å². The zero-order chi connectivity index (χ0) is 34.4. The van der Waals surface area contributed by atoms with Crippen LogP contribution in [0.4, 0.5) is 22.7 Å². The number of rotatable bonds is 2. The fourth-order valence-corrected chi connectivity index (χ4v) is 10.1. The lowest BCUT2D eigenvalue weighted by molar-refractivity contribution is 0.290. The molecule has 0 amide bonds. The van der Waals surface area contributed by atoms with Crippen molar-refractivity contribution in [2.45, 2.75) is 71.6 Å². The third kappa shape index (κ3) is 4.03. The Morgan fingerprint density at radius 2 is 1.33 bits per heavy atom. The molecule has 0 fully saturated rings. The number of nitrogens with zero attached hydrogens (tertiary/aromatic N) is 2. The van der Waals surface area contributed by atoms with Gasteiger partial charge >= 0.3 is 0 Å². The van der Waals surface area contributed by atoms with E-state index in [0.29, 0.717) is 5.92 Å². The van der Waals surface area contributed by atoms with E-state index < -0.39 is 0 Å². The summed E-state index contributed by atoms with van der Waals surface area (Å²) in [6, 6.07) is 33.4. The number of benzene rings is 5. The molecule has 3 aliphatic heterocycles. The van der Waals surface area contributed by atoms with Crippen LogP contribution in [0, 0.1) is 12.3 Å². The summed E-state index contributed by atoms with van der Waals surface area (Å²) >= 11 is 0. The smallest absolute Gasteiger partial charge is 0.260 e. The highest BCUT2D eigenvalue weighted by Crippen LogP contribution is 2.65. The third-order valence-corrected chi connectivity index (χ3v) is 12.6. The molecule has 0 saturated heterocycles. The highest BCUT2D eigenvalue weighted by atomic mass is 16.5. The largest absolute Gasteiger partial charge is 0.458 e. The van der Waals surface area contributed by atoms with E-state index in [0.717, 1.165) is 64.7 Å². The number of allylic oxidation sites excluding steroid dienone is 2. The summed E-state index contributed by atoms with van der Waals surface area (Å²) in [7, 11) is 0. The van der Waals surface area contributed by atoms with Crippen LogP contribution in [-0.4, -0.2) is 6.71 Å². The van der Waals surface area contributed by atoms with Gasteiger partial charge in [-0.15, -0.1) is 0 Å². The first-order valence-corrected chi connectivity index (χ1v) is 18.7. The van der Waals surface area contributed by atoms with E-state index >= 15 is 0 Å². The third-order valence-electron chi connectivity index (χ3n) is 12.6. The number of para-hydroxylation sites is 3. The maximum atomic E-state index is 7.05. The fourth-order valence-electron chi connectivity index (χ4n) is 10.1. The summed E-state index contributed by atoms with van der Waals surface area (Å²) in [5.74, 6) is 4.38. The lowest BCUT2D eigenvalue weighted by Crippen LogP contribution is -2.57. The number of hydrogen-bond acceptors (Lipinski definition) is 4. The zero-order valence-electron chi connectivity index (χ0n) is 30.0. The Morgan fingerprint density at radius 1 is 0.667 bits per heavy atom. The number of aryl methyl sites for hydroxylation is 1. The Balaban J connectivity index is 1.10. The van der Waals surface area contributed by atoms with Gasteiger partial charge in [-0.1, -0.05) is 82.3 Å². The van der Waals surface area contributed by atoms with Crippen molar-refractivity contribution in [2.75, 3.05) is 9.80 Å². The van der Waals surface area contributed by atoms with Crippen LogP contribution in [0.5, 0.6) is 23.0 Å². The van der Waals surface area contributed by atoms with Crippen molar-refractivity contribution >= 4 is 45.9 Å². The second-order valence-electron chi connectivity index (χ2n) is 16.8. The quantitative estimate of drug-likeness (QED) is 0.172. The molecular formula is C46H41BN2O2. The van der Waals surface area contributed by atoms with E-state index in [4.69, 9.17) is 9.47 Å². The van der Waals surface area contributed by atoms with Crippen molar-refractivity contribution in [3.8, 4) is 23.0 Å². The van der Waals surface area contributed by atoms with Gasteiger partial charge in [-0.3, -0.25) is 0 Å². The molecule has 51 heavy (non-hydrogen) atoms. The van der Waals surface area contributed by atoms with Crippen molar-refractivity contribution in [1.82, 2.24) is 0 Å². The summed E-state index contributed by atoms with van der Waals surface area (Å²) in [6.45, 7) is 12.0. The van der Waals surface area contributed by atoms with E-state index in [1.54, 1.807) is 5.56 Å². The van der Waals surface area contributed by atoms with Gasteiger partial charge in [-0.2, -0.15) is 0 Å². The average molecular weight is 665 g/mol. The zero-order valence-corrected chi connectivity index (χ0v) is 30.0. The van der Waals surface area contributed by atoms with E-state index in [1.807, 2.05) is 0 Å². The minimum atomic E-state index is 0.0359. The summed E-state index contributed by atoms with van der Waals surface area (Å²) in [6.07, 6.45) is 9.21. The van der Waals surface area contributed by atoms with Crippen molar-refractivity contribution in [2.24, 2.45) is 5.41 Å². The van der Waals surface area contributed by atoms with Gasteiger partial charge in [0, 0.05) is 34.4 Å². The predicted octanol–water partition coefficient (Wildman–Crippen LogP) is 10.1. The van der Waals surface area contributed by atoms with Crippen LogP contribution in [0.3, 0.4) is 0 Å². The number of fused-ring (bicyclic) bond motifs is 8. The summed E-state index contributed by atoms with van der Waals surface area (Å²) in [4.78, 5) is 4.86. The first-order valence-electron chi connectivity index (χ1n) is 18.7. The Morgan fingerprint density at radius 3 is 2.06 bits per heavy atom. The normalized spacial score (nSPS) is 20.5. The molecule has 11 rings (SSSR count). The lowest BCUT2D eigenvalue weighted by atomic mass is 9.34. The maximum Gasteiger partial charge on any atom is 0.260 e. The SMILES string of the molecule is Cc1cc2c3c(c1)Oc1c(cc4c5c1C(C)(C)CCC(C)(C)C45)B3c1ccc(N3C4=CCCC=C4N(c4ccccc4)c4ccccc43)cc1O2. The Kier molecular flexibility index (Phi) is 5.80. The summed E-state index contributed by atoms with van der Waals surface area (Å²) in [5, 5.41) is 0. The minimum Gasteiger partial charge on any atom is -0.458 e. The van der Waals surface area contributed by atoms with Crippen LogP contribution in [-0.2, 0) is 5.41 Å². The number of ether oxygens (including phenoxy) is 2. The number of anilines is 4. The van der Waals surface area contributed by atoms with Crippen LogP contribution >= 0.6 is 0 Å². The van der Waals surface area contributed by atoms with Gasteiger partial charge in [0.05, 0.1) is 22.8 Å². The highest BCUT2D eigenvalue weighted by molar-refractivity contribution is 6.98. The second kappa shape index (κ2) is 10.0. The maximum absolute atomic E-state index is 7.05. The monoisotopic (exact) mass is 664 g/mol. The molecule has 3 aliphatic carbocycles. The van der Waals surface area contributed by atoms with Crippen LogP contribution in [0.2, 0.25) is 0 Å². The van der Waals surface area contributed by atoms with Crippen molar-refractivity contribution in [1.29, 1.82) is 0 Å². The van der Waals surface area contributed by atoms with Crippen LogP contribution < -0.4 is 35.7 Å². The van der Waals surface area contributed by atoms with Gasteiger partial charge < -0.3 is 19.3 Å². The van der Waals surface area contributed by atoms with Crippen LogP contribution in [0.25, 0.3) is 0 Å². The molecule has 3 heterocycles. The number of hydrogen-bond donors (Lipinski definition) is 0. The molecule has 5 aromatic rings. The molecule has 1 unspecified atom stereocenters. The Hall–Kier alpha value is -5.16. The van der Waals surface area contributed by atoms with Crippen LogP contribution in [0.15, 0.2) is 115 Å². The van der Waals surface area contributed by atoms with Gasteiger partial charge in [-0.25, -0.2) is 0 Å². The molecule has 5 heteroatoms. The van der Waals surface area contributed by atoms with Crippen LogP contribution in [0.1, 0.15) is 81.5 Å². The molecule has 5 aromatic carbocycles. The average Bonchev–Trinajstić information content (AvgIpc) is 3.87. The van der Waals surface area contributed by atoms with Crippen molar-refractivity contribution in [3.05, 3.63) is 137 Å². The molecule has 250 valence electrons. The molecule has 6 aliphatic rings. The second-order valence-corrected chi connectivity index (χ2v) is 16.8. The van der Waals surface area contributed by atoms with Crippen molar-refractivity contribution < 1.29 is 9.47 Å². The molecule has 0 aromatic heterocycles. The molecule has 0 N–H and O–H groups in total. The van der Waals surface area contributed by atoms with Gasteiger partial charge in [-0.05, 0) is 114 Å². The highest BCUT2D eigenvalue weighted by Gasteiger charge is 2.55. The summed E-state index contributed by atoms with van der Waals surface area (Å²) in [5.41, 5.74) is 16.7. The Bertz CT molecular complexity index is 2420. The van der Waals surface area contributed by atoms with Crippen molar-refractivity contribution in [3.63, 3.8) is 0 Å². The molecule has 0 spiro atoms. The fraction of sp³-hybridized carbons (Fsp3) is 0.261. The minimum absolute atomic E-state index is 0.0359. The van der Waals surface area contributed by atoms with Gasteiger partial charge in [0.25, 0.3) is 6.71 Å². The molecule has 0 radical (unpaired) electrons. The standard InChI is InChI=1S/C46H41BN2O2/c1-27-23-38-43-39(24-27)51-44-32(26-30-40-41(30)45(2,3)21-22-46(4,5)42(40)44)47(43)31-20-19-29(25-37(31)50-38)49-35-17-11-9-15-33(35)48(28-13-7-6-8-14-28)34-16-10-12-18-36(34)49/h6-9,11,13-20,23-26,41H,10,12,21-22H2,1-5H3. The molecule has 0 saturated carbocycles. The van der Waals surface area contributed by atoms with Gasteiger partial charge in [0.2, 0.25) is 0 Å². The van der Waals surface area contributed by atoms with E-state index in [-0.39, 0.29) is 17.5 Å². The van der Waals surface area contributed by atoms with Gasteiger partial charge in [0.1, 0.15) is 23.0 Å². The first kappa shape index (κ1) is 29.6. The summed E-state index contributed by atoms with van der Waals surface area (Å²) < 4.78 is 14.0. The molecular weight excluding hydrogens is 623 g/mol. The first-order chi connectivity index (χ1) is 24.7. The topological polar surface area (TPSA) is 24.9 Å². The predicted molar refractivity (Wildman–Crippen MR) is 209 cm³/mol. The van der Waals surface area contributed by atoms with E-state index in [9.17, 15) is 0 Å². The lowest BCUT2D eigenvalue weighted by Gasteiger charge is -2.44.